The second kappa shape index (κ2) is 5.89. The summed E-state index contributed by atoms with van der Waals surface area (Å²) in [6, 6.07) is -0.227. The van der Waals surface area contributed by atoms with Gasteiger partial charge in [0.1, 0.15) is 5.60 Å². The molecule has 2 aromatic rings. The van der Waals surface area contributed by atoms with Gasteiger partial charge in [0.25, 0.3) is 0 Å². The fourth-order valence-electron chi connectivity index (χ4n) is 2.71. The lowest BCUT2D eigenvalue weighted by Gasteiger charge is -2.26. The van der Waals surface area contributed by atoms with Crippen molar-refractivity contribution in [1.82, 2.24) is 19.5 Å². The Labute approximate surface area is 144 Å². The largest absolute Gasteiger partial charge is 0.444 e. The standard InChI is InChI=1S/C15H23N5O3S/c1-9-6-20-12(16-9)24-13(17-20)18(5)10-7-19(8-11(10)21)14(22)23-15(2,3)4/h6,10-11,21H,7-8H2,1-5H3/t10-,11-/m0/s1. The first-order chi connectivity index (χ1) is 11.1. The van der Waals surface area contributed by atoms with Crippen LogP contribution in [0.4, 0.5) is 9.93 Å². The highest BCUT2D eigenvalue weighted by Gasteiger charge is 2.39. The van der Waals surface area contributed by atoms with Gasteiger partial charge in [-0.2, -0.15) is 0 Å². The van der Waals surface area contributed by atoms with Gasteiger partial charge in [-0.1, -0.05) is 11.3 Å². The Balaban J connectivity index is 1.71. The molecule has 1 aliphatic heterocycles. The van der Waals surface area contributed by atoms with E-state index < -0.39 is 17.8 Å². The molecule has 0 spiro atoms. The fraction of sp³-hybridized carbons (Fsp3) is 0.667. The summed E-state index contributed by atoms with van der Waals surface area (Å²) in [6.07, 6.45) is 0.809. The third kappa shape index (κ3) is 3.32. The summed E-state index contributed by atoms with van der Waals surface area (Å²) in [5.74, 6) is 0. The number of hydrogen-bond acceptors (Lipinski definition) is 7. The Bertz CT molecular complexity index is 718. The number of amides is 1. The second-order valence-electron chi connectivity index (χ2n) is 7.12. The van der Waals surface area contributed by atoms with Crippen molar-refractivity contribution in [2.75, 3.05) is 25.0 Å². The maximum absolute atomic E-state index is 12.2. The molecule has 9 heteroatoms. The Morgan fingerprint density at radius 2 is 2.17 bits per heavy atom. The number of ether oxygens (including phenoxy) is 1. The quantitative estimate of drug-likeness (QED) is 0.881. The summed E-state index contributed by atoms with van der Waals surface area (Å²) in [5.41, 5.74) is 0.366. The Morgan fingerprint density at radius 1 is 1.46 bits per heavy atom. The lowest BCUT2D eigenvalue weighted by atomic mass is 10.2. The molecule has 0 aromatic carbocycles. The van der Waals surface area contributed by atoms with Crippen LogP contribution in [0, 0.1) is 6.92 Å². The number of imidazole rings is 1. The third-order valence-corrected chi connectivity index (χ3v) is 4.88. The lowest BCUT2D eigenvalue weighted by Crippen LogP contribution is -2.41. The van der Waals surface area contributed by atoms with E-state index in [1.54, 1.807) is 9.42 Å². The molecule has 0 saturated carbocycles. The van der Waals surface area contributed by atoms with Crippen molar-refractivity contribution in [3.8, 4) is 0 Å². The van der Waals surface area contributed by atoms with E-state index in [1.165, 1.54) is 11.3 Å². The highest BCUT2D eigenvalue weighted by atomic mass is 32.1. The minimum Gasteiger partial charge on any atom is -0.444 e. The van der Waals surface area contributed by atoms with Crippen LogP contribution >= 0.6 is 11.3 Å². The molecule has 24 heavy (non-hydrogen) atoms. The first-order valence-electron chi connectivity index (χ1n) is 7.86. The molecule has 0 aliphatic carbocycles. The predicted molar refractivity (Wildman–Crippen MR) is 91.6 cm³/mol. The van der Waals surface area contributed by atoms with E-state index in [0.717, 1.165) is 15.8 Å². The number of carbonyl (C=O) groups is 1. The Hall–Kier alpha value is -1.87. The topological polar surface area (TPSA) is 83.2 Å². The molecule has 3 rings (SSSR count). The molecule has 0 unspecified atom stereocenters. The van der Waals surface area contributed by atoms with E-state index in [-0.39, 0.29) is 12.6 Å². The van der Waals surface area contributed by atoms with Crippen LogP contribution in [0.3, 0.4) is 0 Å². The van der Waals surface area contributed by atoms with E-state index >= 15 is 0 Å². The molecule has 2 atom stereocenters. The molecule has 1 aliphatic rings. The minimum absolute atomic E-state index is 0.227. The van der Waals surface area contributed by atoms with Crippen molar-refractivity contribution in [3.05, 3.63) is 11.9 Å². The summed E-state index contributed by atoms with van der Waals surface area (Å²) in [7, 11) is 1.87. The molecule has 3 heterocycles. The number of likely N-dealkylation sites (tertiary alicyclic amines) is 1. The lowest BCUT2D eigenvalue weighted by molar-refractivity contribution is 0.0270. The minimum atomic E-state index is -0.652. The molecular formula is C15H23N5O3S. The van der Waals surface area contributed by atoms with Gasteiger partial charge in [0, 0.05) is 13.6 Å². The Kier molecular flexibility index (Phi) is 4.16. The summed E-state index contributed by atoms with van der Waals surface area (Å²) in [6.45, 7) is 8.06. The SMILES string of the molecule is Cc1cn2nc(N(C)[C@H]3CN(C(=O)OC(C)(C)C)C[C@@H]3O)sc2n1. The normalized spacial score (nSPS) is 21.5. The van der Waals surface area contributed by atoms with Gasteiger partial charge < -0.3 is 19.6 Å². The van der Waals surface area contributed by atoms with Crippen LogP contribution in [-0.4, -0.2) is 68.6 Å². The number of fused-ring (bicyclic) bond motifs is 1. The average molecular weight is 353 g/mol. The first kappa shape index (κ1) is 17.0. The van der Waals surface area contributed by atoms with E-state index in [4.69, 9.17) is 4.74 Å². The van der Waals surface area contributed by atoms with Gasteiger partial charge in [-0.3, -0.25) is 0 Å². The van der Waals surface area contributed by atoms with Crippen molar-refractivity contribution in [3.63, 3.8) is 0 Å². The smallest absolute Gasteiger partial charge is 0.410 e. The number of carbonyl (C=O) groups excluding carboxylic acids is 1. The molecule has 1 saturated heterocycles. The molecule has 8 nitrogen and oxygen atoms in total. The number of β-amino-alcohol motifs (C(OH)–C–C–N with tert-alkyl or cyclic N) is 1. The molecule has 132 valence electrons. The highest BCUT2D eigenvalue weighted by molar-refractivity contribution is 7.20. The first-order valence-corrected chi connectivity index (χ1v) is 8.67. The van der Waals surface area contributed by atoms with Gasteiger partial charge >= 0.3 is 6.09 Å². The monoisotopic (exact) mass is 353 g/mol. The summed E-state index contributed by atoms with van der Waals surface area (Å²) < 4.78 is 7.12. The van der Waals surface area contributed by atoms with E-state index in [9.17, 15) is 9.90 Å². The van der Waals surface area contributed by atoms with Crippen LogP contribution in [0.2, 0.25) is 0 Å². The van der Waals surface area contributed by atoms with Crippen molar-refractivity contribution >= 4 is 27.5 Å². The van der Waals surface area contributed by atoms with Crippen molar-refractivity contribution in [1.29, 1.82) is 0 Å². The molecule has 1 N–H and O–H groups in total. The summed E-state index contributed by atoms with van der Waals surface area (Å²) in [4.78, 5) is 20.8. The van der Waals surface area contributed by atoms with Crippen molar-refractivity contribution < 1.29 is 14.6 Å². The summed E-state index contributed by atoms with van der Waals surface area (Å²) in [5, 5.41) is 15.6. The number of nitrogens with zero attached hydrogens (tertiary/aromatic N) is 5. The number of aromatic nitrogens is 3. The molecular weight excluding hydrogens is 330 g/mol. The van der Waals surface area contributed by atoms with Crippen LogP contribution in [0.1, 0.15) is 26.5 Å². The molecule has 0 bridgehead atoms. The van der Waals surface area contributed by atoms with E-state index in [1.807, 2.05) is 45.8 Å². The molecule has 0 radical (unpaired) electrons. The van der Waals surface area contributed by atoms with Gasteiger partial charge in [-0.15, -0.1) is 5.10 Å². The van der Waals surface area contributed by atoms with Gasteiger partial charge in [-0.05, 0) is 27.7 Å². The maximum atomic E-state index is 12.2. The second-order valence-corrected chi connectivity index (χ2v) is 8.06. The number of likely N-dealkylation sites (N-methyl/N-ethyl adjacent to an activating group) is 1. The van der Waals surface area contributed by atoms with Crippen LogP contribution in [0.25, 0.3) is 4.96 Å². The van der Waals surface area contributed by atoms with Crippen LogP contribution < -0.4 is 4.90 Å². The van der Waals surface area contributed by atoms with E-state index in [2.05, 4.69) is 10.1 Å². The number of rotatable bonds is 2. The zero-order valence-corrected chi connectivity index (χ0v) is 15.4. The summed E-state index contributed by atoms with van der Waals surface area (Å²) >= 11 is 1.46. The number of aryl methyl sites for hydroxylation is 1. The fourth-order valence-corrected chi connectivity index (χ4v) is 3.66. The van der Waals surface area contributed by atoms with Gasteiger partial charge in [-0.25, -0.2) is 14.3 Å². The third-order valence-electron chi connectivity index (χ3n) is 3.86. The molecule has 1 amide bonds. The zero-order chi connectivity index (χ0) is 17.6. The predicted octanol–water partition coefficient (Wildman–Crippen LogP) is 1.52. The van der Waals surface area contributed by atoms with Gasteiger partial charge in [0.05, 0.1) is 30.6 Å². The van der Waals surface area contributed by atoms with Gasteiger partial charge in [0.15, 0.2) is 0 Å². The molecule has 2 aromatic heterocycles. The maximum Gasteiger partial charge on any atom is 0.410 e. The Morgan fingerprint density at radius 3 is 2.79 bits per heavy atom. The van der Waals surface area contributed by atoms with Crippen LogP contribution in [-0.2, 0) is 4.74 Å². The van der Waals surface area contributed by atoms with Gasteiger partial charge in [0.2, 0.25) is 10.1 Å². The van der Waals surface area contributed by atoms with Crippen LogP contribution in [0.5, 0.6) is 0 Å². The highest BCUT2D eigenvalue weighted by Crippen LogP contribution is 2.27. The zero-order valence-electron chi connectivity index (χ0n) is 14.6. The van der Waals surface area contributed by atoms with Crippen LogP contribution in [0.15, 0.2) is 6.20 Å². The van der Waals surface area contributed by atoms with E-state index in [0.29, 0.717) is 6.54 Å². The molecule has 1 fully saturated rings. The van der Waals surface area contributed by atoms with Crippen molar-refractivity contribution in [2.45, 2.75) is 45.4 Å². The van der Waals surface area contributed by atoms with Crippen molar-refractivity contribution in [2.24, 2.45) is 0 Å². The number of aliphatic hydroxyl groups excluding tert-OH is 1. The number of aliphatic hydroxyl groups is 1. The number of anilines is 1. The average Bonchev–Trinajstić information content (AvgIpc) is 3.08. The number of hydrogen-bond donors (Lipinski definition) is 1.